The summed E-state index contributed by atoms with van der Waals surface area (Å²) in [5.41, 5.74) is 2.00. The highest BCUT2D eigenvalue weighted by atomic mass is 79.9. The summed E-state index contributed by atoms with van der Waals surface area (Å²) >= 11 is 10.5. The molecule has 0 spiro atoms. The molecule has 1 heterocycles. The van der Waals surface area contributed by atoms with Crippen molar-refractivity contribution in [1.29, 1.82) is 0 Å². The van der Waals surface area contributed by atoms with E-state index in [-0.39, 0.29) is 0 Å². The maximum absolute atomic E-state index is 13.1. The molecule has 4 rings (SSSR count). The van der Waals surface area contributed by atoms with E-state index >= 15 is 0 Å². The van der Waals surface area contributed by atoms with Gasteiger partial charge in [0.25, 0.3) is 11.1 Å². The third kappa shape index (κ3) is 5.66. The van der Waals surface area contributed by atoms with Gasteiger partial charge in [-0.3, -0.25) is 9.59 Å². The number of rotatable bonds is 8. The first-order valence-electron chi connectivity index (χ1n) is 10.7. The number of benzene rings is 3. The number of nitrogens with zero attached hydrogens (tertiary/aromatic N) is 1. The van der Waals surface area contributed by atoms with Gasteiger partial charge in [0.1, 0.15) is 12.4 Å². The Hall–Kier alpha value is -2.94. The first-order valence-corrected chi connectivity index (χ1v) is 12.6. The molecule has 0 bridgehead atoms. The van der Waals surface area contributed by atoms with Gasteiger partial charge in [-0.2, -0.15) is 0 Å². The predicted octanol–water partition coefficient (Wildman–Crippen LogP) is 7.33. The third-order valence-electron chi connectivity index (χ3n) is 5.02. The monoisotopic (exact) mass is 573 g/mol. The van der Waals surface area contributed by atoms with Crippen LogP contribution in [0, 0.1) is 0 Å². The molecule has 180 valence electrons. The minimum absolute atomic E-state index is 0.294. The molecule has 0 unspecified atom stereocenters. The molecule has 1 aliphatic heterocycles. The number of halogens is 2. The van der Waals surface area contributed by atoms with E-state index in [9.17, 15) is 9.59 Å². The van der Waals surface area contributed by atoms with Crippen LogP contribution >= 0.6 is 39.3 Å². The molecule has 0 saturated carbocycles. The second-order valence-electron chi connectivity index (χ2n) is 7.37. The van der Waals surface area contributed by atoms with E-state index in [2.05, 4.69) is 15.9 Å². The average Bonchev–Trinajstić information content (AvgIpc) is 3.11. The number of carbonyl (C=O) groups is 2. The smallest absolute Gasteiger partial charge is 0.298 e. The molecule has 2 amide bonds. The number of methoxy groups -OCH3 is 1. The topological polar surface area (TPSA) is 65.1 Å². The van der Waals surface area contributed by atoms with Crippen LogP contribution in [0.2, 0.25) is 5.02 Å². The van der Waals surface area contributed by atoms with Crippen LogP contribution in [0.3, 0.4) is 0 Å². The van der Waals surface area contributed by atoms with Gasteiger partial charge in [0, 0.05) is 5.02 Å². The summed E-state index contributed by atoms with van der Waals surface area (Å²) in [5.74, 6) is 1.07. The second-order valence-corrected chi connectivity index (χ2v) is 9.65. The lowest BCUT2D eigenvalue weighted by molar-refractivity contribution is -0.113. The maximum Gasteiger partial charge on any atom is 0.298 e. The normalized spacial score (nSPS) is 14.5. The van der Waals surface area contributed by atoms with Gasteiger partial charge in [0.15, 0.2) is 11.5 Å². The zero-order valence-corrected chi connectivity index (χ0v) is 22.1. The molecular weight excluding hydrogens is 554 g/mol. The molecule has 9 heteroatoms. The van der Waals surface area contributed by atoms with Gasteiger partial charge in [-0.05, 0) is 88.2 Å². The standard InChI is InChI=1S/C26H21BrClNO5S/c1-3-33-22-13-17(12-19(27)24(22)34-15-16-7-6-8-18(28)11-16)14-23-25(30)29(26(31)35-23)20-9-4-5-10-21(20)32-2/h4-14H,3,15H2,1-2H3/b23-14-. The Labute approximate surface area is 220 Å². The number of hydrogen-bond acceptors (Lipinski definition) is 6. The van der Waals surface area contributed by atoms with Crippen molar-refractivity contribution < 1.29 is 23.8 Å². The Balaban J connectivity index is 1.62. The minimum atomic E-state index is -0.417. The van der Waals surface area contributed by atoms with Gasteiger partial charge in [-0.1, -0.05) is 35.9 Å². The number of ether oxygens (including phenoxy) is 3. The van der Waals surface area contributed by atoms with Crippen molar-refractivity contribution in [3.05, 3.63) is 86.2 Å². The van der Waals surface area contributed by atoms with Crippen LogP contribution in [0.15, 0.2) is 70.0 Å². The lowest BCUT2D eigenvalue weighted by Gasteiger charge is -2.16. The van der Waals surface area contributed by atoms with E-state index in [0.29, 0.717) is 56.1 Å². The second kappa shape index (κ2) is 11.2. The lowest BCUT2D eigenvalue weighted by Crippen LogP contribution is -2.28. The number of imide groups is 1. The highest BCUT2D eigenvalue weighted by molar-refractivity contribution is 9.10. The molecule has 3 aromatic carbocycles. The summed E-state index contributed by atoms with van der Waals surface area (Å²) in [6, 6.07) is 17.9. The SMILES string of the molecule is CCOc1cc(/C=C2\SC(=O)N(c3ccccc3OC)C2=O)cc(Br)c1OCc1cccc(Cl)c1. The number of amides is 2. The van der Waals surface area contributed by atoms with Crippen molar-refractivity contribution in [3.63, 3.8) is 0 Å². The van der Waals surface area contributed by atoms with Gasteiger partial charge in [-0.15, -0.1) is 0 Å². The third-order valence-corrected chi connectivity index (χ3v) is 6.72. The van der Waals surface area contributed by atoms with Crippen molar-refractivity contribution in [3.8, 4) is 17.2 Å². The Kier molecular flexibility index (Phi) is 8.05. The van der Waals surface area contributed by atoms with E-state index in [4.69, 9.17) is 25.8 Å². The molecule has 1 saturated heterocycles. The number of carbonyl (C=O) groups excluding carboxylic acids is 2. The fourth-order valence-corrected chi connectivity index (χ4v) is 5.12. The van der Waals surface area contributed by atoms with Crippen LogP contribution in [0.5, 0.6) is 17.2 Å². The molecule has 0 atom stereocenters. The number of para-hydroxylation sites is 2. The highest BCUT2D eigenvalue weighted by Gasteiger charge is 2.37. The predicted molar refractivity (Wildman–Crippen MR) is 143 cm³/mol. The first kappa shape index (κ1) is 25.2. The molecule has 0 aliphatic carbocycles. The molecule has 1 aliphatic rings. The highest BCUT2D eigenvalue weighted by Crippen LogP contribution is 2.42. The number of thioether (sulfide) groups is 1. The van der Waals surface area contributed by atoms with E-state index in [0.717, 1.165) is 22.2 Å². The molecule has 0 N–H and O–H groups in total. The van der Waals surface area contributed by atoms with Crippen LogP contribution in [0.4, 0.5) is 10.5 Å². The summed E-state index contributed by atoms with van der Waals surface area (Å²) in [6.07, 6.45) is 1.66. The Morgan fingerprint density at radius 1 is 1.03 bits per heavy atom. The number of anilines is 1. The van der Waals surface area contributed by atoms with E-state index in [1.54, 1.807) is 42.5 Å². The lowest BCUT2D eigenvalue weighted by atomic mass is 10.1. The van der Waals surface area contributed by atoms with Crippen LogP contribution in [0.1, 0.15) is 18.1 Å². The van der Waals surface area contributed by atoms with Gasteiger partial charge in [0.05, 0.1) is 28.8 Å². The van der Waals surface area contributed by atoms with E-state index in [1.807, 2.05) is 31.2 Å². The van der Waals surface area contributed by atoms with Crippen molar-refractivity contribution >= 4 is 62.2 Å². The fraction of sp³-hybridized carbons (Fsp3) is 0.154. The van der Waals surface area contributed by atoms with Gasteiger partial charge in [-0.25, -0.2) is 4.90 Å². The molecule has 3 aromatic rings. The summed E-state index contributed by atoms with van der Waals surface area (Å²) in [5, 5.41) is 0.240. The first-order chi connectivity index (χ1) is 16.9. The Bertz CT molecular complexity index is 1310. The molecular formula is C26H21BrClNO5S. The van der Waals surface area contributed by atoms with Gasteiger partial charge < -0.3 is 14.2 Å². The van der Waals surface area contributed by atoms with Gasteiger partial charge in [0.2, 0.25) is 0 Å². The maximum atomic E-state index is 13.1. The minimum Gasteiger partial charge on any atom is -0.495 e. The van der Waals surface area contributed by atoms with E-state index < -0.39 is 11.1 Å². The summed E-state index contributed by atoms with van der Waals surface area (Å²) in [7, 11) is 1.50. The van der Waals surface area contributed by atoms with Crippen molar-refractivity contribution in [2.75, 3.05) is 18.6 Å². The summed E-state index contributed by atoms with van der Waals surface area (Å²) in [6.45, 7) is 2.60. The van der Waals surface area contributed by atoms with Crippen molar-refractivity contribution in [2.45, 2.75) is 13.5 Å². The van der Waals surface area contributed by atoms with Crippen LogP contribution < -0.4 is 19.1 Å². The fourth-order valence-electron chi connectivity index (χ4n) is 3.50. The largest absolute Gasteiger partial charge is 0.495 e. The summed E-state index contributed by atoms with van der Waals surface area (Å²) in [4.78, 5) is 27.2. The Morgan fingerprint density at radius 2 is 1.83 bits per heavy atom. The zero-order valence-electron chi connectivity index (χ0n) is 18.9. The number of hydrogen-bond donors (Lipinski definition) is 0. The zero-order chi connectivity index (χ0) is 24.9. The van der Waals surface area contributed by atoms with Crippen molar-refractivity contribution in [2.24, 2.45) is 0 Å². The quantitative estimate of drug-likeness (QED) is 0.263. The average molecular weight is 575 g/mol. The van der Waals surface area contributed by atoms with Crippen LogP contribution in [0.25, 0.3) is 6.08 Å². The van der Waals surface area contributed by atoms with Crippen molar-refractivity contribution in [1.82, 2.24) is 0 Å². The molecule has 0 aromatic heterocycles. The van der Waals surface area contributed by atoms with Crippen LogP contribution in [-0.2, 0) is 11.4 Å². The van der Waals surface area contributed by atoms with Gasteiger partial charge >= 0.3 is 0 Å². The molecule has 0 radical (unpaired) electrons. The van der Waals surface area contributed by atoms with E-state index in [1.165, 1.54) is 7.11 Å². The van der Waals surface area contributed by atoms with Crippen LogP contribution in [-0.4, -0.2) is 24.9 Å². The summed E-state index contributed by atoms with van der Waals surface area (Å²) < 4.78 is 17.8. The molecule has 6 nitrogen and oxygen atoms in total. The molecule has 1 fully saturated rings. The Morgan fingerprint density at radius 3 is 2.57 bits per heavy atom. The molecule has 35 heavy (non-hydrogen) atoms.